The number of ether oxygens (including phenoxy) is 1. The van der Waals surface area contributed by atoms with Crippen molar-refractivity contribution in [1.29, 1.82) is 0 Å². The standard InChI is InChI=1S/C24H24OS/c1-4-24(2,20-12-14-21(25-3)15-13-20)17-8-11-23-22(16-18-26-23)19-9-6-5-7-10-19/h1,5-7,9-10,12-16,18H,8,11,17H2,2-3H3. The maximum Gasteiger partial charge on any atom is 0.118 e. The van der Waals surface area contributed by atoms with Crippen molar-refractivity contribution in [3.8, 4) is 29.2 Å². The fraction of sp³-hybridized carbons (Fsp3) is 0.250. The van der Waals surface area contributed by atoms with E-state index in [1.807, 2.05) is 23.5 Å². The Balaban J connectivity index is 1.69. The molecule has 0 aliphatic rings. The zero-order valence-electron chi connectivity index (χ0n) is 15.4. The zero-order chi connectivity index (χ0) is 18.4. The number of benzene rings is 2. The molecule has 0 amide bonds. The highest BCUT2D eigenvalue weighted by Gasteiger charge is 2.23. The van der Waals surface area contributed by atoms with E-state index in [0.717, 1.165) is 25.0 Å². The van der Waals surface area contributed by atoms with E-state index in [2.05, 4.69) is 66.8 Å². The Morgan fingerprint density at radius 1 is 1.04 bits per heavy atom. The lowest BCUT2D eigenvalue weighted by molar-refractivity contribution is 0.414. The van der Waals surface area contributed by atoms with E-state index in [0.29, 0.717) is 0 Å². The molecule has 0 saturated heterocycles. The molecule has 0 spiro atoms. The van der Waals surface area contributed by atoms with E-state index in [1.54, 1.807) is 7.11 Å². The van der Waals surface area contributed by atoms with Crippen molar-refractivity contribution in [3.63, 3.8) is 0 Å². The van der Waals surface area contributed by atoms with Crippen LogP contribution in [0.5, 0.6) is 5.75 Å². The number of rotatable bonds is 7. The minimum atomic E-state index is -0.254. The molecule has 0 bridgehead atoms. The highest BCUT2D eigenvalue weighted by atomic mass is 32.1. The summed E-state index contributed by atoms with van der Waals surface area (Å²) in [6, 6.07) is 20.9. The molecule has 0 saturated carbocycles. The third kappa shape index (κ3) is 4.00. The average molecular weight is 361 g/mol. The van der Waals surface area contributed by atoms with Crippen molar-refractivity contribution in [1.82, 2.24) is 0 Å². The summed E-state index contributed by atoms with van der Waals surface area (Å²) >= 11 is 1.84. The number of methoxy groups -OCH3 is 1. The summed E-state index contributed by atoms with van der Waals surface area (Å²) < 4.78 is 5.25. The molecule has 2 aromatic carbocycles. The summed E-state index contributed by atoms with van der Waals surface area (Å²) in [7, 11) is 1.68. The van der Waals surface area contributed by atoms with Gasteiger partial charge < -0.3 is 4.74 Å². The lowest BCUT2D eigenvalue weighted by Crippen LogP contribution is -2.19. The summed E-state index contributed by atoms with van der Waals surface area (Å²) in [4.78, 5) is 1.44. The van der Waals surface area contributed by atoms with Crippen molar-refractivity contribution in [3.05, 3.63) is 76.5 Å². The van der Waals surface area contributed by atoms with Gasteiger partial charge in [0.15, 0.2) is 0 Å². The summed E-state index contributed by atoms with van der Waals surface area (Å²) in [6.45, 7) is 2.15. The van der Waals surface area contributed by atoms with Gasteiger partial charge in [-0.15, -0.1) is 17.8 Å². The molecule has 1 heterocycles. The van der Waals surface area contributed by atoms with Crippen molar-refractivity contribution in [2.24, 2.45) is 0 Å². The third-order valence-corrected chi connectivity index (χ3v) is 5.94. The van der Waals surface area contributed by atoms with Crippen LogP contribution in [0, 0.1) is 12.3 Å². The second-order valence-electron chi connectivity index (χ2n) is 6.68. The van der Waals surface area contributed by atoms with Crippen LogP contribution in [-0.2, 0) is 11.8 Å². The first-order valence-electron chi connectivity index (χ1n) is 8.90. The molecule has 1 atom stereocenters. The van der Waals surface area contributed by atoms with Gasteiger partial charge in [0, 0.05) is 4.88 Å². The molecule has 1 aromatic heterocycles. The van der Waals surface area contributed by atoms with Crippen LogP contribution in [0.2, 0.25) is 0 Å². The Kier molecular flexibility index (Phi) is 5.81. The summed E-state index contributed by atoms with van der Waals surface area (Å²) in [6.07, 6.45) is 8.99. The van der Waals surface area contributed by atoms with Gasteiger partial charge in [0.1, 0.15) is 5.75 Å². The molecule has 3 rings (SSSR count). The van der Waals surface area contributed by atoms with E-state index in [1.165, 1.54) is 21.6 Å². The van der Waals surface area contributed by atoms with Gasteiger partial charge in [-0.1, -0.05) is 48.4 Å². The van der Waals surface area contributed by atoms with Gasteiger partial charge in [0.05, 0.1) is 12.5 Å². The second-order valence-corrected chi connectivity index (χ2v) is 7.68. The second kappa shape index (κ2) is 8.25. The summed E-state index contributed by atoms with van der Waals surface area (Å²) in [5.41, 5.74) is 3.56. The fourth-order valence-corrected chi connectivity index (χ4v) is 4.21. The lowest BCUT2D eigenvalue weighted by atomic mass is 9.79. The van der Waals surface area contributed by atoms with Gasteiger partial charge in [0.25, 0.3) is 0 Å². The Hall–Kier alpha value is -2.50. The first-order valence-corrected chi connectivity index (χ1v) is 9.78. The first kappa shape index (κ1) is 18.3. The van der Waals surface area contributed by atoms with Crippen molar-refractivity contribution < 1.29 is 4.74 Å². The average Bonchev–Trinajstić information content (AvgIpc) is 3.17. The molecule has 0 fully saturated rings. The van der Waals surface area contributed by atoms with E-state index in [9.17, 15) is 0 Å². The van der Waals surface area contributed by atoms with Crippen LogP contribution in [-0.4, -0.2) is 7.11 Å². The molecule has 132 valence electrons. The molecule has 26 heavy (non-hydrogen) atoms. The van der Waals surface area contributed by atoms with E-state index >= 15 is 0 Å². The molecule has 0 radical (unpaired) electrons. The molecule has 0 aliphatic carbocycles. The highest BCUT2D eigenvalue weighted by molar-refractivity contribution is 7.10. The van der Waals surface area contributed by atoms with Crippen LogP contribution >= 0.6 is 11.3 Å². The molecule has 3 aromatic rings. The molecular weight excluding hydrogens is 336 g/mol. The van der Waals surface area contributed by atoms with Crippen LogP contribution in [0.15, 0.2) is 66.0 Å². The first-order chi connectivity index (χ1) is 12.7. The Labute approximate surface area is 160 Å². The van der Waals surface area contributed by atoms with Gasteiger partial charge in [-0.2, -0.15) is 0 Å². The molecule has 0 aliphatic heterocycles. The minimum Gasteiger partial charge on any atom is -0.497 e. The number of thiophene rings is 1. The van der Waals surface area contributed by atoms with E-state index in [4.69, 9.17) is 11.2 Å². The largest absolute Gasteiger partial charge is 0.497 e. The van der Waals surface area contributed by atoms with Gasteiger partial charge in [-0.3, -0.25) is 0 Å². The number of hydrogen-bond acceptors (Lipinski definition) is 2. The van der Waals surface area contributed by atoms with Crippen LogP contribution < -0.4 is 4.74 Å². The fourth-order valence-electron chi connectivity index (χ4n) is 3.27. The van der Waals surface area contributed by atoms with Crippen molar-refractivity contribution in [2.75, 3.05) is 7.11 Å². The smallest absolute Gasteiger partial charge is 0.118 e. The van der Waals surface area contributed by atoms with Crippen LogP contribution in [0.25, 0.3) is 11.1 Å². The Morgan fingerprint density at radius 3 is 2.42 bits per heavy atom. The van der Waals surface area contributed by atoms with Gasteiger partial charge in [0.2, 0.25) is 0 Å². The SMILES string of the molecule is C#CC(C)(CCCc1sccc1-c1ccccc1)c1ccc(OC)cc1. The van der Waals surface area contributed by atoms with E-state index in [-0.39, 0.29) is 5.41 Å². The number of terminal acetylenes is 1. The van der Waals surface area contributed by atoms with Gasteiger partial charge in [-0.25, -0.2) is 0 Å². The lowest BCUT2D eigenvalue weighted by Gasteiger charge is -2.24. The quantitative estimate of drug-likeness (QED) is 0.447. The zero-order valence-corrected chi connectivity index (χ0v) is 16.2. The van der Waals surface area contributed by atoms with Crippen molar-refractivity contribution >= 4 is 11.3 Å². The van der Waals surface area contributed by atoms with Crippen LogP contribution in [0.4, 0.5) is 0 Å². The van der Waals surface area contributed by atoms with Crippen LogP contribution in [0.1, 0.15) is 30.2 Å². The van der Waals surface area contributed by atoms with Gasteiger partial charge >= 0.3 is 0 Å². The third-order valence-electron chi connectivity index (χ3n) is 4.96. The molecule has 0 N–H and O–H groups in total. The normalized spacial score (nSPS) is 13.0. The monoisotopic (exact) mass is 360 g/mol. The number of hydrogen-bond donors (Lipinski definition) is 0. The van der Waals surface area contributed by atoms with Crippen LogP contribution in [0.3, 0.4) is 0 Å². The minimum absolute atomic E-state index is 0.254. The maximum absolute atomic E-state index is 5.91. The van der Waals surface area contributed by atoms with Gasteiger partial charge in [-0.05, 0) is 66.5 Å². The van der Waals surface area contributed by atoms with E-state index < -0.39 is 0 Å². The highest BCUT2D eigenvalue weighted by Crippen LogP contribution is 2.33. The van der Waals surface area contributed by atoms with Crippen molar-refractivity contribution in [2.45, 2.75) is 31.6 Å². The molecule has 1 nitrogen and oxygen atoms in total. The maximum atomic E-state index is 5.91. The Bertz CT molecular complexity index is 871. The summed E-state index contributed by atoms with van der Waals surface area (Å²) in [5, 5.41) is 2.18. The summed E-state index contributed by atoms with van der Waals surface area (Å²) in [5.74, 6) is 3.88. The molecular formula is C24H24OS. The molecule has 2 heteroatoms. The predicted octanol–water partition coefficient (Wildman–Crippen LogP) is 6.34. The topological polar surface area (TPSA) is 9.23 Å². The molecule has 1 unspecified atom stereocenters. The Morgan fingerprint density at radius 2 is 1.77 bits per heavy atom. The number of aryl methyl sites for hydroxylation is 1. The predicted molar refractivity (Wildman–Crippen MR) is 112 cm³/mol.